The van der Waals surface area contributed by atoms with E-state index in [0.29, 0.717) is 11.6 Å². The van der Waals surface area contributed by atoms with E-state index in [0.717, 1.165) is 28.1 Å². The number of aromatic nitrogens is 3. The molecule has 0 atom stereocenters. The van der Waals surface area contributed by atoms with Crippen LogP contribution in [0.3, 0.4) is 0 Å². The van der Waals surface area contributed by atoms with Gasteiger partial charge in [0.1, 0.15) is 5.82 Å². The molecule has 3 heteroatoms. The predicted molar refractivity (Wildman–Crippen MR) is 140 cm³/mol. The van der Waals surface area contributed by atoms with Crippen LogP contribution in [0, 0.1) is 0 Å². The Morgan fingerprint density at radius 2 is 0.882 bits per heavy atom. The molecule has 5 aromatic rings. The van der Waals surface area contributed by atoms with Crippen LogP contribution < -0.4 is 0 Å². The van der Waals surface area contributed by atoms with E-state index in [2.05, 4.69) is 112 Å². The van der Waals surface area contributed by atoms with Crippen molar-refractivity contribution >= 4 is 0 Å². The van der Waals surface area contributed by atoms with Crippen molar-refractivity contribution in [2.75, 3.05) is 0 Å². The van der Waals surface area contributed by atoms with E-state index in [1.165, 1.54) is 11.1 Å². The molecule has 0 saturated carbocycles. The first-order valence-corrected chi connectivity index (χ1v) is 11.6. The van der Waals surface area contributed by atoms with E-state index in [-0.39, 0.29) is 5.41 Å². The Bertz CT molecular complexity index is 1400. The Kier molecular flexibility index (Phi) is 5.77. The van der Waals surface area contributed by atoms with Gasteiger partial charge < -0.3 is 0 Å². The number of hydrogen-bond donors (Lipinski definition) is 0. The predicted octanol–water partition coefficient (Wildman–Crippen LogP) is 7.84. The van der Waals surface area contributed by atoms with Crippen LogP contribution in [0.4, 0.5) is 0 Å². The van der Waals surface area contributed by atoms with Gasteiger partial charge in [0, 0.05) is 16.5 Å². The van der Waals surface area contributed by atoms with Crippen LogP contribution in [0.15, 0.2) is 109 Å². The molecule has 0 saturated heterocycles. The highest BCUT2D eigenvalue weighted by Crippen LogP contribution is 2.32. The molecule has 5 rings (SSSR count). The van der Waals surface area contributed by atoms with Crippen molar-refractivity contribution in [1.29, 1.82) is 0 Å². The van der Waals surface area contributed by atoms with E-state index in [1.54, 1.807) is 0 Å². The minimum Gasteiger partial charge on any atom is -0.212 e. The normalized spacial score (nSPS) is 11.4. The summed E-state index contributed by atoms with van der Waals surface area (Å²) >= 11 is 0. The van der Waals surface area contributed by atoms with Gasteiger partial charge in [-0.15, -0.1) is 0 Å². The zero-order valence-corrected chi connectivity index (χ0v) is 19.7. The zero-order valence-electron chi connectivity index (χ0n) is 19.7. The van der Waals surface area contributed by atoms with Crippen LogP contribution >= 0.6 is 0 Å². The summed E-state index contributed by atoms with van der Waals surface area (Å²) in [5.41, 5.74) is 6.39. The lowest BCUT2D eigenvalue weighted by molar-refractivity contribution is 0.543. The van der Waals surface area contributed by atoms with Gasteiger partial charge in [0.05, 0.1) is 0 Å². The molecular weight excluding hydrogens is 414 g/mol. The molecule has 166 valence electrons. The van der Waals surface area contributed by atoms with Crippen molar-refractivity contribution in [2.45, 2.75) is 26.2 Å². The lowest BCUT2D eigenvalue weighted by Crippen LogP contribution is -2.18. The lowest BCUT2D eigenvalue weighted by Gasteiger charge is -2.19. The summed E-state index contributed by atoms with van der Waals surface area (Å²) in [6.07, 6.45) is 0. The van der Waals surface area contributed by atoms with Crippen LogP contribution in [0.25, 0.3) is 45.0 Å². The van der Waals surface area contributed by atoms with Crippen LogP contribution in [0.2, 0.25) is 0 Å². The number of hydrogen-bond acceptors (Lipinski definition) is 3. The Morgan fingerprint density at radius 1 is 0.412 bits per heavy atom. The third-order valence-electron chi connectivity index (χ3n) is 5.81. The summed E-state index contributed by atoms with van der Waals surface area (Å²) in [6.45, 7) is 6.41. The van der Waals surface area contributed by atoms with E-state index >= 15 is 0 Å². The average molecular weight is 442 g/mol. The van der Waals surface area contributed by atoms with E-state index in [1.807, 2.05) is 18.2 Å². The molecule has 0 bridgehead atoms. The maximum Gasteiger partial charge on any atom is 0.164 e. The van der Waals surface area contributed by atoms with Gasteiger partial charge in [-0.25, -0.2) is 15.0 Å². The first kappa shape index (κ1) is 21.7. The highest BCUT2D eigenvalue weighted by Gasteiger charge is 2.22. The molecule has 0 radical (unpaired) electrons. The molecular formula is C31H27N3. The minimum atomic E-state index is -0.210. The fourth-order valence-corrected chi connectivity index (χ4v) is 3.95. The van der Waals surface area contributed by atoms with Crippen molar-refractivity contribution in [1.82, 2.24) is 15.0 Å². The van der Waals surface area contributed by atoms with Crippen LogP contribution in [0.1, 0.15) is 26.6 Å². The SMILES string of the molecule is CC(C)(C)c1nc(-c2ccc(-c3ccccc3)cc2)nc(-c2ccccc2-c2ccccc2)n1. The van der Waals surface area contributed by atoms with E-state index < -0.39 is 0 Å². The Labute approximate surface area is 201 Å². The molecule has 0 amide bonds. The van der Waals surface area contributed by atoms with Crippen LogP contribution in [-0.4, -0.2) is 15.0 Å². The van der Waals surface area contributed by atoms with E-state index in [4.69, 9.17) is 15.0 Å². The van der Waals surface area contributed by atoms with Gasteiger partial charge in [-0.05, 0) is 22.3 Å². The quantitative estimate of drug-likeness (QED) is 0.285. The molecule has 34 heavy (non-hydrogen) atoms. The van der Waals surface area contributed by atoms with Gasteiger partial charge in [-0.3, -0.25) is 0 Å². The fourth-order valence-electron chi connectivity index (χ4n) is 3.95. The molecule has 0 N–H and O–H groups in total. The maximum atomic E-state index is 4.95. The summed E-state index contributed by atoms with van der Waals surface area (Å²) < 4.78 is 0. The third-order valence-corrected chi connectivity index (χ3v) is 5.81. The second kappa shape index (κ2) is 9.03. The first-order valence-electron chi connectivity index (χ1n) is 11.6. The van der Waals surface area contributed by atoms with E-state index in [9.17, 15) is 0 Å². The molecule has 0 unspecified atom stereocenters. The summed E-state index contributed by atoms with van der Waals surface area (Å²) in [5, 5.41) is 0. The van der Waals surface area contributed by atoms with Crippen molar-refractivity contribution in [2.24, 2.45) is 0 Å². The van der Waals surface area contributed by atoms with Crippen molar-refractivity contribution in [3.8, 4) is 45.0 Å². The number of nitrogens with zero attached hydrogens (tertiary/aromatic N) is 3. The Hall–Kier alpha value is -4.11. The Balaban J connectivity index is 1.63. The second-order valence-electron chi connectivity index (χ2n) is 9.41. The van der Waals surface area contributed by atoms with Crippen LogP contribution in [-0.2, 0) is 5.41 Å². The smallest absolute Gasteiger partial charge is 0.164 e. The molecule has 0 spiro atoms. The topological polar surface area (TPSA) is 38.7 Å². The Morgan fingerprint density at radius 3 is 1.50 bits per heavy atom. The summed E-state index contributed by atoms with van der Waals surface area (Å²) in [4.78, 5) is 14.8. The number of benzene rings is 4. The van der Waals surface area contributed by atoms with Gasteiger partial charge in [0.2, 0.25) is 0 Å². The minimum absolute atomic E-state index is 0.210. The van der Waals surface area contributed by atoms with Gasteiger partial charge in [-0.1, -0.05) is 130 Å². The van der Waals surface area contributed by atoms with Gasteiger partial charge in [0.25, 0.3) is 0 Å². The number of rotatable bonds is 4. The highest BCUT2D eigenvalue weighted by atomic mass is 15.0. The first-order chi connectivity index (χ1) is 16.5. The molecule has 0 aliphatic heterocycles. The van der Waals surface area contributed by atoms with Gasteiger partial charge in [0.15, 0.2) is 11.6 Å². The van der Waals surface area contributed by atoms with Crippen LogP contribution in [0.5, 0.6) is 0 Å². The van der Waals surface area contributed by atoms with Crippen molar-refractivity contribution < 1.29 is 0 Å². The van der Waals surface area contributed by atoms with Crippen molar-refractivity contribution in [3.05, 3.63) is 115 Å². The monoisotopic (exact) mass is 441 g/mol. The molecule has 4 aromatic carbocycles. The third kappa shape index (κ3) is 4.51. The second-order valence-corrected chi connectivity index (χ2v) is 9.41. The molecule has 1 heterocycles. The fraction of sp³-hybridized carbons (Fsp3) is 0.129. The molecule has 0 aliphatic rings. The van der Waals surface area contributed by atoms with Gasteiger partial charge >= 0.3 is 0 Å². The van der Waals surface area contributed by atoms with Gasteiger partial charge in [-0.2, -0.15) is 0 Å². The summed E-state index contributed by atoms with van der Waals surface area (Å²) in [5.74, 6) is 2.17. The maximum absolute atomic E-state index is 4.95. The molecule has 3 nitrogen and oxygen atoms in total. The van der Waals surface area contributed by atoms with Crippen molar-refractivity contribution in [3.63, 3.8) is 0 Å². The summed E-state index contributed by atoms with van der Waals surface area (Å²) in [7, 11) is 0. The average Bonchev–Trinajstić information content (AvgIpc) is 2.89. The largest absolute Gasteiger partial charge is 0.212 e. The molecule has 0 fully saturated rings. The standard InChI is InChI=1S/C31H27N3/c1-31(2,3)30-33-28(25-20-18-23(19-21-25)22-12-6-4-7-13-22)32-29(34-30)27-17-11-10-16-26(27)24-14-8-5-9-15-24/h4-21H,1-3H3. The summed E-state index contributed by atoms with van der Waals surface area (Å²) in [6, 6.07) is 37.5. The molecule has 0 aliphatic carbocycles. The lowest BCUT2D eigenvalue weighted by atomic mass is 9.95. The molecule has 1 aromatic heterocycles. The highest BCUT2D eigenvalue weighted by molar-refractivity contribution is 5.81. The zero-order chi connectivity index (χ0) is 23.5.